The quantitative estimate of drug-likeness (QED) is 0.483. The van der Waals surface area contributed by atoms with Crippen LogP contribution in [-0.2, 0) is 7.05 Å². The molecule has 29 heavy (non-hydrogen) atoms. The van der Waals surface area contributed by atoms with Crippen LogP contribution in [-0.4, -0.2) is 19.6 Å². The summed E-state index contributed by atoms with van der Waals surface area (Å²) in [5, 5.41) is 0. The Kier molecular flexibility index (Phi) is 5.71. The van der Waals surface area contributed by atoms with Crippen LogP contribution in [0.25, 0.3) is 5.69 Å². The van der Waals surface area contributed by atoms with Gasteiger partial charge in [-0.05, 0) is 78.9 Å². The van der Waals surface area contributed by atoms with Gasteiger partial charge < -0.3 is 4.74 Å². The molecule has 11 heteroatoms. The Hall–Kier alpha value is -2.79. The van der Waals surface area contributed by atoms with E-state index in [4.69, 9.17) is 17.0 Å². The first-order valence-corrected chi connectivity index (χ1v) is 9.35. The standard InChI is InChI=1S/C18H14F3N3O3S2/c1-10-9-11(24-16(28)22-15(25)23(2)17(24)26)3-8-14(10)27-12-4-6-13(7-5-12)29-18(19,20)21/h3-9H,1-2H3,(H,22,25,28). The summed E-state index contributed by atoms with van der Waals surface area (Å²) in [5.41, 5.74) is -4.46. The van der Waals surface area contributed by atoms with E-state index in [1.165, 1.54) is 35.9 Å². The van der Waals surface area contributed by atoms with Gasteiger partial charge in [0.05, 0.1) is 5.69 Å². The molecule has 0 aliphatic rings. The number of thioether (sulfide) groups is 1. The molecule has 0 unspecified atom stereocenters. The lowest BCUT2D eigenvalue weighted by Crippen LogP contribution is -2.39. The molecule has 0 atom stereocenters. The van der Waals surface area contributed by atoms with Crippen LogP contribution < -0.4 is 16.1 Å². The average Bonchev–Trinajstić information content (AvgIpc) is 2.62. The third kappa shape index (κ3) is 4.80. The molecule has 0 bridgehead atoms. The van der Waals surface area contributed by atoms with Crippen molar-refractivity contribution in [1.82, 2.24) is 14.1 Å². The van der Waals surface area contributed by atoms with Crippen LogP contribution >= 0.6 is 24.0 Å². The second kappa shape index (κ2) is 7.91. The number of aromatic nitrogens is 3. The number of rotatable bonds is 4. The van der Waals surface area contributed by atoms with Crippen molar-refractivity contribution >= 4 is 24.0 Å². The highest BCUT2D eigenvalue weighted by Crippen LogP contribution is 2.37. The second-order valence-electron chi connectivity index (χ2n) is 5.98. The number of aromatic amines is 1. The zero-order valence-corrected chi connectivity index (χ0v) is 16.7. The van der Waals surface area contributed by atoms with Crippen molar-refractivity contribution < 1.29 is 17.9 Å². The van der Waals surface area contributed by atoms with E-state index in [1.54, 1.807) is 25.1 Å². The first kappa shape index (κ1) is 20.9. The van der Waals surface area contributed by atoms with E-state index in [2.05, 4.69) is 4.98 Å². The molecular weight excluding hydrogens is 427 g/mol. The monoisotopic (exact) mass is 441 g/mol. The van der Waals surface area contributed by atoms with Crippen LogP contribution in [0.2, 0.25) is 0 Å². The molecule has 0 aliphatic carbocycles. The minimum absolute atomic E-state index is 0.0380. The molecule has 0 spiro atoms. The summed E-state index contributed by atoms with van der Waals surface area (Å²) in [7, 11) is 1.33. The summed E-state index contributed by atoms with van der Waals surface area (Å²) in [6.07, 6.45) is 0. The summed E-state index contributed by atoms with van der Waals surface area (Å²) in [6.45, 7) is 1.74. The summed E-state index contributed by atoms with van der Waals surface area (Å²) < 4.78 is 45.0. The molecule has 0 saturated carbocycles. The van der Waals surface area contributed by atoms with E-state index in [9.17, 15) is 22.8 Å². The van der Waals surface area contributed by atoms with Crippen LogP contribution in [0.5, 0.6) is 11.5 Å². The fourth-order valence-electron chi connectivity index (χ4n) is 2.51. The van der Waals surface area contributed by atoms with Crippen LogP contribution in [0, 0.1) is 11.7 Å². The molecule has 1 aromatic heterocycles. The summed E-state index contributed by atoms with van der Waals surface area (Å²) in [4.78, 5) is 26.4. The van der Waals surface area contributed by atoms with Gasteiger partial charge in [-0.3, -0.25) is 4.98 Å². The number of nitrogens with zero attached hydrogens (tertiary/aromatic N) is 2. The maximum Gasteiger partial charge on any atom is 0.446 e. The highest BCUT2D eigenvalue weighted by Gasteiger charge is 2.29. The molecule has 0 amide bonds. The number of ether oxygens (including phenoxy) is 1. The lowest BCUT2D eigenvalue weighted by Gasteiger charge is -2.13. The minimum Gasteiger partial charge on any atom is -0.457 e. The predicted octanol–water partition coefficient (Wildman–Crippen LogP) is 4.31. The van der Waals surface area contributed by atoms with E-state index in [1.807, 2.05) is 0 Å². The number of benzene rings is 2. The number of hydrogen-bond acceptors (Lipinski definition) is 5. The lowest BCUT2D eigenvalue weighted by molar-refractivity contribution is -0.0328. The predicted molar refractivity (Wildman–Crippen MR) is 106 cm³/mol. The van der Waals surface area contributed by atoms with E-state index in [-0.39, 0.29) is 21.4 Å². The minimum atomic E-state index is -4.35. The summed E-state index contributed by atoms with van der Waals surface area (Å²) >= 11 is 4.88. The fraction of sp³-hybridized carbons (Fsp3) is 0.167. The number of hydrogen-bond donors (Lipinski definition) is 1. The van der Waals surface area contributed by atoms with E-state index in [0.717, 1.165) is 4.57 Å². The van der Waals surface area contributed by atoms with Gasteiger partial charge in [-0.2, -0.15) is 13.2 Å². The van der Waals surface area contributed by atoms with Crippen LogP contribution in [0.3, 0.4) is 0 Å². The zero-order chi connectivity index (χ0) is 21.3. The smallest absolute Gasteiger partial charge is 0.446 e. The van der Waals surface area contributed by atoms with Gasteiger partial charge in [0.1, 0.15) is 11.5 Å². The summed E-state index contributed by atoms with van der Waals surface area (Å²) in [6, 6.07) is 10.4. The third-order valence-electron chi connectivity index (χ3n) is 3.90. The highest BCUT2D eigenvalue weighted by atomic mass is 32.2. The molecule has 0 radical (unpaired) electrons. The lowest BCUT2D eigenvalue weighted by atomic mass is 10.2. The van der Waals surface area contributed by atoms with Crippen molar-refractivity contribution in [3.63, 3.8) is 0 Å². The van der Waals surface area contributed by atoms with Crippen molar-refractivity contribution in [3.8, 4) is 17.2 Å². The maximum absolute atomic E-state index is 12.4. The molecule has 1 heterocycles. The highest BCUT2D eigenvalue weighted by molar-refractivity contribution is 8.00. The van der Waals surface area contributed by atoms with Gasteiger partial charge in [-0.25, -0.2) is 18.7 Å². The Morgan fingerprint density at radius 1 is 1.10 bits per heavy atom. The van der Waals surface area contributed by atoms with Crippen LogP contribution in [0.4, 0.5) is 13.2 Å². The molecule has 0 fully saturated rings. The number of H-pyrrole nitrogens is 1. The molecule has 1 N–H and O–H groups in total. The first-order valence-electron chi connectivity index (χ1n) is 8.12. The van der Waals surface area contributed by atoms with Crippen molar-refractivity contribution in [2.24, 2.45) is 7.05 Å². The van der Waals surface area contributed by atoms with E-state index < -0.39 is 16.9 Å². The van der Waals surface area contributed by atoms with Gasteiger partial charge in [0.25, 0.3) is 0 Å². The number of aryl methyl sites for hydroxylation is 1. The molecule has 6 nitrogen and oxygen atoms in total. The zero-order valence-electron chi connectivity index (χ0n) is 15.1. The summed E-state index contributed by atoms with van der Waals surface area (Å²) in [5.74, 6) is 0.821. The van der Waals surface area contributed by atoms with Gasteiger partial charge in [0.15, 0.2) is 4.77 Å². The van der Waals surface area contributed by atoms with Crippen molar-refractivity contribution in [3.05, 3.63) is 73.8 Å². The average molecular weight is 441 g/mol. The number of alkyl halides is 3. The molecule has 152 valence electrons. The first-order chi connectivity index (χ1) is 13.5. The Morgan fingerprint density at radius 3 is 2.34 bits per heavy atom. The van der Waals surface area contributed by atoms with Crippen LogP contribution in [0.15, 0.2) is 56.9 Å². The normalized spacial score (nSPS) is 11.5. The van der Waals surface area contributed by atoms with E-state index >= 15 is 0 Å². The molecule has 2 aromatic carbocycles. The van der Waals surface area contributed by atoms with Gasteiger partial charge in [0.2, 0.25) is 0 Å². The molecule has 3 aromatic rings. The van der Waals surface area contributed by atoms with Gasteiger partial charge in [0, 0.05) is 11.9 Å². The molecular formula is C18H14F3N3O3S2. The van der Waals surface area contributed by atoms with Crippen LogP contribution in [0.1, 0.15) is 5.56 Å². The largest absolute Gasteiger partial charge is 0.457 e. The van der Waals surface area contributed by atoms with Gasteiger partial charge in [-0.1, -0.05) is 0 Å². The maximum atomic E-state index is 12.4. The van der Waals surface area contributed by atoms with Crippen molar-refractivity contribution in [2.75, 3.05) is 0 Å². The topological polar surface area (TPSA) is 69.0 Å². The Labute approximate surface area is 171 Å². The van der Waals surface area contributed by atoms with E-state index in [0.29, 0.717) is 22.7 Å². The van der Waals surface area contributed by atoms with Crippen molar-refractivity contribution in [1.29, 1.82) is 0 Å². The Morgan fingerprint density at radius 2 is 1.76 bits per heavy atom. The van der Waals surface area contributed by atoms with Crippen molar-refractivity contribution in [2.45, 2.75) is 17.3 Å². The molecule has 0 aliphatic heterocycles. The van der Waals surface area contributed by atoms with Gasteiger partial charge >= 0.3 is 16.9 Å². The number of halogens is 3. The van der Waals surface area contributed by atoms with Gasteiger partial charge in [-0.15, -0.1) is 0 Å². The molecule has 0 saturated heterocycles. The number of nitrogens with one attached hydrogen (secondary N) is 1. The second-order valence-corrected chi connectivity index (χ2v) is 7.51. The Bertz CT molecular complexity index is 1230. The SMILES string of the molecule is Cc1cc(-n2c(=S)[nH]c(=O)n(C)c2=O)ccc1Oc1ccc(SC(F)(F)F)cc1. The Balaban J connectivity index is 1.88. The molecule has 3 rings (SSSR count). The third-order valence-corrected chi connectivity index (χ3v) is 4.93. The fourth-order valence-corrected chi connectivity index (χ4v) is 3.32.